The molecule has 1 aromatic heterocycles. The molecule has 0 spiro atoms. The molecular weight excluding hydrogens is 240 g/mol. The van der Waals surface area contributed by atoms with E-state index in [1.165, 1.54) is 10.9 Å². The lowest BCUT2D eigenvalue weighted by atomic mass is 9.91. The number of hydrogen-bond donors (Lipinski definition) is 1. The van der Waals surface area contributed by atoms with Crippen LogP contribution in [0.1, 0.15) is 17.2 Å². The van der Waals surface area contributed by atoms with Crippen molar-refractivity contribution in [1.29, 1.82) is 0 Å². The molecule has 2 atom stereocenters. The Labute approximate surface area is 110 Å². The molecule has 2 aliphatic heterocycles. The minimum absolute atomic E-state index is 0.231. The second-order valence-electron chi connectivity index (χ2n) is 5.39. The van der Waals surface area contributed by atoms with Crippen molar-refractivity contribution in [2.75, 3.05) is 19.6 Å². The van der Waals surface area contributed by atoms with Crippen LogP contribution in [0.5, 0.6) is 0 Å². The molecular formula is C15H14N2O2. The zero-order valence-electron chi connectivity index (χ0n) is 10.5. The summed E-state index contributed by atoms with van der Waals surface area (Å²) >= 11 is 0. The van der Waals surface area contributed by atoms with Gasteiger partial charge < -0.3 is 4.98 Å². The number of Topliss-reactive ketones (excluding diaryl/α,β-unsaturated/α-hetero) is 2. The van der Waals surface area contributed by atoms with Gasteiger partial charge in [-0.15, -0.1) is 0 Å². The van der Waals surface area contributed by atoms with E-state index in [-0.39, 0.29) is 24.0 Å². The minimum Gasteiger partial charge on any atom is -0.358 e. The van der Waals surface area contributed by atoms with Crippen LogP contribution in [0.4, 0.5) is 0 Å². The molecule has 96 valence electrons. The molecule has 19 heavy (non-hydrogen) atoms. The van der Waals surface area contributed by atoms with Gasteiger partial charge in [-0.3, -0.25) is 14.5 Å². The van der Waals surface area contributed by atoms with Crippen LogP contribution in [0.3, 0.4) is 0 Å². The summed E-state index contributed by atoms with van der Waals surface area (Å²) in [6, 6.07) is 8.11. The van der Waals surface area contributed by atoms with Crippen LogP contribution in [0, 0.1) is 0 Å². The van der Waals surface area contributed by atoms with Gasteiger partial charge in [0.25, 0.3) is 0 Å². The number of nitrogens with zero attached hydrogens (tertiary/aromatic N) is 1. The highest BCUT2D eigenvalue weighted by Crippen LogP contribution is 2.33. The van der Waals surface area contributed by atoms with Gasteiger partial charge in [-0.05, 0) is 18.1 Å². The maximum atomic E-state index is 12.1. The lowest BCUT2D eigenvalue weighted by molar-refractivity contribution is -0.140. The number of ketones is 2. The molecule has 4 rings (SSSR count). The lowest BCUT2D eigenvalue weighted by Gasteiger charge is -2.27. The Bertz CT molecular complexity index is 701. The number of para-hydroxylation sites is 1. The minimum atomic E-state index is -0.300. The van der Waals surface area contributed by atoms with E-state index < -0.39 is 0 Å². The summed E-state index contributed by atoms with van der Waals surface area (Å²) in [4.78, 5) is 29.4. The van der Waals surface area contributed by atoms with Crippen molar-refractivity contribution in [3.05, 3.63) is 35.5 Å². The molecule has 4 nitrogen and oxygen atoms in total. The Morgan fingerprint density at radius 1 is 1.21 bits per heavy atom. The fourth-order valence-corrected chi connectivity index (χ4v) is 3.33. The van der Waals surface area contributed by atoms with Gasteiger partial charge in [0.15, 0.2) is 0 Å². The van der Waals surface area contributed by atoms with E-state index in [0.717, 1.165) is 24.2 Å². The monoisotopic (exact) mass is 254 g/mol. The topological polar surface area (TPSA) is 53.2 Å². The van der Waals surface area contributed by atoms with Crippen molar-refractivity contribution in [3.8, 4) is 0 Å². The van der Waals surface area contributed by atoms with E-state index in [1.807, 2.05) is 18.2 Å². The summed E-state index contributed by atoms with van der Waals surface area (Å²) in [5.41, 5.74) is 3.24. The Morgan fingerprint density at radius 3 is 2.95 bits per heavy atom. The highest BCUT2D eigenvalue weighted by Gasteiger charge is 2.39. The largest absolute Gasteiger partial charge is 0.358 e. The van der Waals surface area contributed by atoms with E-state index >= 15 is 0 Å². The number of aromatic nitrogens is 1. The van der Waals surface area contributed by atoms with Crippen LogP contribution in [0.2, 0.25) is 0 Å². The second-order valence-corrected chi connectivity index (χ2v) is 5.39. The first kappa shape index (κ1) is 10.9. The van der Waals surface area contributed by atoms with Crippen molar-refractivity contribution >= 4 is 22.5 Å². The van der Waals surface area contributed by atoms with E-state index in [2.05, 4.69) is 16.0 Å². The summed E-state index contributed by atoms with van der Waals surface area (Å²) in [5, 5.41) is 1.19. The lowest BCUT2D eigenvalue weighted by Crippen LogP contribution is -2.45. The van der Waals surface area contributed by atoms with Gasteiger partial charge >= 0.3 is 0 Å². The van der Waals surface area contributed by atoms with Crippen molar-refractivity contribution in [2.24, 2.45) is 0 Å². The number of nitrogens with one attached hydrogen (secondary N) is 1. The third kappa shape index (κ3) is 1.50. The van der Waals surface area contributed by atoms with Crippen LogP contribution < -0.4 is 0 Å². The van der Waals surface area contributed by atoms with Gasteiger partial charge in [-0.1, -0.05) is 18.2 Å². The van der Waals surface area contributed by atoms with Crippen molar-refractivity contribution in [3.63, 3.8) is 0 Å². The molecule has 2 aliphatic rings. The number of carbonyl (C=O) groups is 2. The van der Waals surface area contributed by atoms with E-state index in [4.69, 9.17) is 0 Å². The van der Waals surface area contributed by atoms with Crippen LogP contribution in [-0.4, -0.2) is 41.1 Å². The second kappa shape index (κ2) is 3.78. The Morgan fingerprint density at radius 2 is 2.05 bits per heavy atom. The van der Waals surface area contributed by atoms with Crippen LogP contribution in [0.15, 0.2) is 24.3 Å². The van der Waals surface area contributed by atoms with Crippen molar-refractivity contribution < 1.29 is 9.59 Å². The highest BCUT2D eigenvalue weighted by atomic mass is 16.2. The number of rotatable bonds is 0. The van der Waals surface area contributed by atoms with Gasteiger partial charge in [-0.25, -0.2) is 0 Å². The zero-order chi connectivity index (χ0) is 13.0. The third-order valence-electron chi connectivity index (χ3n) is 4.27. The standard InChI is InChI=1S/C15H14N2O2/c18-13-8-17-6-5-10-9-3-1-2-4-12(9)16-14(10)11(7-17)15(13)19/h1-4,11,16H,5-8H2. The Balaban J connectivity index is 1.95. The number of aromatic amines is 1. The number of hydrogen-bond acceptors (Lipinski definition) is 3. The molecule has 0 radical (unpaired) electrons. The fraction of sp³-hybridized carbons (Fsp3) is 0.333. The molecule has 2 bridgehead atoms. The van der Waals surface area contributed by atoms with Gasteiger partial charge in [0, 0.05) is 29.7 Å². The van der Waals surface area contributed by atoms with Gasteiger partial charge in [0.2, 0.25) is 11.6 Å². The average molecular weight is 254 g/mol. The van der Waals surface area contributed by atoms with Crippen LogP contribution >= 0.6 is 0 Å². The molecule has 1 N–H and O–H groups in total. The van der Waals surface area contributed by atoms with Gasteiger partial charge in [-0.2, -0.15) is 0 Å². The van der Waals surface area contributed by atoms with E-state index in [0.29, 0.717) is 6.54 Å². The van der Waals surface area contributed by atoms with Gasteiger partial charge in [0.1, 0.15) is 0 Å². The zero-order valence-corrected chi connectivity index (χ0v) is 10.5. The molecule has 0 amide bonds. The summed E-state index contributed by atoms with van der Waals surface area (Å²) in [5.74, 6) is -0.778. The molecule has 2 unspecified atom stereocenters. The summed E-state index contributed by atoms with van der Waals surface area (Å²) in [6.07, 6.45) is 0.899. The van der Waals surface area contributed by atoms with Crippen molar-refractivity contribution in [2.45, 2.75) is 12.3 Å². The molecule has 3 heterocycles. The van der Waals surface area contributed by atoms with Crippen LogP contribution in [0.25, 0.3) is 10.9 Å². The molecule has 1 aromatic carbocycles. The normalized spacial score (nSPS) is 26.3. The quantitative estimate of drug-likeness (QED) is 0.720. The number of fused-ring (bicyclic) bond motifs is 6. The first-order valence-electron chi connectivity index (χ1n) is 6.63. The van der Waals surface area contributed by atoms with Crippen molar-refractivity contribution in [1.82, 2.24) is 9.88 Å². The number of H-pyrrole nitrogens is 1. The maximum Gasteiger partial charge on any atom is 0.213 e. The third-order valence-corrected chi connectivity index (χ3v) is 4.27. The number of carbonyl (C=O) groups excluding carboxylic acids is 2. The predicted octanol–water partition coefficient (Wildman–Crippen LogP) is 1.26. The number of piperidine rings is 1. The first-order valence-corrected chi connectivity index (χ1v) is 6.63. The smallest absolute Gasteiger partial charge is 0.213 e. The first-order chi connectivity index (χ1) is 9.24. The average Bonchev–Trinajstić information content (AvgIpc) is 2.71. The summed E-state index contributed by atoms with van der Waals surface area (Å²) < 4.78 is 0. The predicted molar refractivity (Wildman–Crippen MR) is 71.2 cm³/mol. The fourth-order valence-electron chi connectivity index (χ4n) is 3.33. The molecule has 4 heteroatoms. The van der Waals surface area contributed by atoms with E-state index in [9.17, 15) is 9.59 Å². The molecule has 2 aromatic rings. The molecule has 0 saturated carbocycles. The Hall–Kier alpha value is -1.94. The number of benzene rings is 1. The molecule has 1 saturated heterocycles. The maximum absolute atomic E-state index is 12.1. The molecule has 0 aliphatic carbocycles. The summed E-state index contributed by atoms with van der Waals surface area (Å²) in [7, 11) is 0. The SMILES string of the molecule is O=C1CN2CCc3c([nH]c4ccccc34)C(C2)C1=O. The van der Waals surface area contributed by atoms with E-state index in [1.54, 1.807) is 0 Å². The van der Waals surface area contributed by atoms with Crippen LogP contribution in [-0.2, 0) is 16.0 Å². The summed E-state index contributed by atoms with van der Waals surface area (Å²) in [6.45, 7) is 1.81. The van der Waals surface area contributed by atoms with Gasteiger partial charge in [0.05, 0.1) is 12.5 Å². The molecule has 1 fully saturated rings. The highest BCUT2D eigenvalue weighted by molar-refractivity contribution is 6.40. The Kier molecular flexibility index (Phi) is 2.17.